The Hall–Kier alpha value is -2.36. The first kappa shape index (κ1) is 13.6. The van der Waals surface area contributed by atoms with E-state index < -0.39 is 0 Å². The van der Waals surface area contributed by atoms with Crippen LogP contribution in [0.2, 0.25) is 0 Å². The Morgan fingerprint density at radius 3 is 2.43 bits per heavy atom. The Balaban J connectivity index is 1.64. The molecular formula is C17H19N3O. The maximum atomic E-state index is 12.5. The second kappa shape index (κ2) is 5.95. The summed E-state index contributed by atoms with van der Waals surface area (Å²) in [6.45, 7) is 5.17. The van der Waals surface area contributed by atoms with E-state index in [1.165, 1.54) is 5.69 Å². The maximum Gasteiger partial charge on any atom is 0.254 e. The van der Waals surface area contributed by atoms with Crippen LogP contribution in [-0.4, -0.2) is 42.0 Å². The molecule has 1 fully saturated rings. The standard InChI is InChI=1S/C17H19N3O/c1-14-13-15(7-8-18-14)17(21)20-11-9-19(10-12-20)16-5-3-2-4-6-16/h2-8,13H,9-12H2,1H3. The molecular weight excluding hydrogens is 262 g/mol. The van der Waals surface area contributed by atoms with Gasteiger partial charge in [-0.05, 0) is 31.2 Å². The fourth-order valence-corrected chi connectivity index (χ4v) is 2.67. The number of rotatable bonds is 2. The molecule has 0 saturated carbocycles. The fourth-order valence-electron chi connectivity index (χ4n) is 2.67. The van der Waals surface area contributed by atoms with Gasteiger partial charge in [0.1, 0.15) is 0 Å². The average Bonchev–Trinajstić information content (AvgIpc) is 2.55. The number of carbonyl (C=O) groups is 1. The minimum atomic E-state index is 0.105. The van der Waals surface area contributed by atoms with Crippen LogP contribution in [0.15, 0.2) is 48.7 Å². The van der Waals surface area contributed by atoms with Crippen molar-refractivity contribution in [2.75, 3.05) is 31.1 Å². The predicted molar refractivity (Wildman–Crippen MR) is 83.5 cm³/mol. The molecule has 0 radical (unpaired) electrons. The second-order valence-corrected chi connectivity index (χ2v) is 5.30. The Bertz CT molecular complexity index is 619. The van der Waals surface area contributed by atoms with Gasteiger partial charge in [0, 0.05) is 49.3 Å². The summed E-state index contributed by atoms with van der Waals surface area (Å²) >= 11 is 0. The van der Waals surface area contributed by atoms with E-state index in [-0.39, 0.29) is 5.91 Å². The van der Waals surface area contributed by atoms with E-state index in [0.717, 1.165) is 37.4 Å². The van der Waals surface area contributed by atoms with Crippen LogP contribution in [0.25, 0.3) is 0 Å². The second-order valence-electron chi connectivity index (χ2n) is 5.30. The molecule has 1 aliphatic rings. The quantitative estimate of drug-likeness (QED) is 0.848. The third kappa shape index (κ3) is 3.05. The van der Waals surface area contributed by atoms with E-state index in [1.807, 2.05) is 36.1 Å². The SMILES string of the molecule is Cc1cc(C(=O)N2CCN(c3ccccc3)CC2)ccn1. The molecule has 2 heterocycles. The van der Waals surface area contributed by atoms with Crippen LogP contribution >= 0.6 is 0 Å². The van der Waals surface area contributed by atoms with Crippen molar-refractivity contribution in [2.24, 2.45) is 0 Å². The molecule has 1 saturated heterocycles. The zero-order chi connectivity index (χ0) is 14.7. The molecule has 0 bridgehead atoms. The van der Waals surface area contributed by atoms with Crippen molar-refractivity contribution in [1.29, 1.82) is 0 Å². The maximum absolute atomic E-state index is 12.5. The van der Waals surface area contributed by atoms with Gasteiger partial charge < -0.3 is 9.80 Å². The molecule has 1 aromatic heterocycles. The summed E-state index contributed by atoms with van der Waals surface area (Å²) in [4.78, 5) is 20.9. The third-order valence-corrected chi connectivity index (χ3v) is 3.83. The Morgan fingerprint density at radius 1 is 1.05 bits per heavy atom. The fraction of sp³-hybridized carbons (Fsp3) is 0.294. The molecule has 1 aromatic carbocycles. The van der Waals surface area contributed by atoms with E-state index in [1.54, 1.807) is 12.3 Å². The summed E-state index contributed by atoms with van der Waals surface area (Å²) in [6, 6.07) is 14.0. The number of aromatic nitrogens is 1. The van der Waals surface area contributed by atoms with Crippen LogP contribution in [-0.2, 0) is 0 Å². The molecule has 0 atom stereocenters. The molecule has 4 nitrogen and oxygen atoms in total. The van der Waals surface area contributed by atoms with Gasteiger partial charge in [-0.25, -0.2) is 0 Å². The molecule has 21 heavy (non-hydrogen) atoms. The van der Waals surface area contributed by atoms with Gasteiger partial charge >= 0.3 is 0 Å². The van der Waals surface area contributed by atoms with E-state index in [4.69, 9.17) is 0 Å². The summed E-state index contributed by atoms with van der Waals surface area (Å²) in [5.74, 6) is 0.105. The van der Waals surface area contributed by atoms with Gasteiger partial charge in [-0.2, -0.15) is 0 Å². The van der Waals surface area contributed by atoms with E-state index in [2.05, 4.69) is 22.0 Å². The van der Waals surface area contributed by atoms with Gasteiger partial charge in [0.15, 0.2) is 0 Å². The normalized spacial score (nSPS) is 15.1. The summed E-state index contributed by atoms with van der Waals surface area (Å²) in [5, 5.41) is 0. The van der Waals surface area contributed by atoms with E-state index in [9.17, 15) is 4.79 Å². The number of pyridine rings is 1. The lowest BCUT2D eigenvalue weighted by atomic mass is 10.2. The summed E-state index contributed by atoms with van der Waals surface area (Å²) in [5.41, 5.74) is 2.84. The molecule has 3 rings (SSSR count). The highest BCUT2D eigenvalue weighted by atomic mass is 16.2. The summed E-state index contributed by atoms with van der Waals surface area (Å²) < 4.78 is 0. The van der Waals surface area contributed by atoms with Crippen molar-refractivity contribution in [3.8, 4) is 0 Å². The van der Waals surface area contributed by atoms with E-state index >= 15 is 0 Å². The van der Waals surface area contributed by atoms with Crippen LogP contribution in [0.4, 0.5) is 5.69 Å². The number of amides is 1. The van der Waals surface area contributed by atoms with Gasteiger partial charge in [0.2, 0.25) is 0 Å². The largest absolute Gasteiger partial charge is 0.368 e. The van der Waals surface area contributed by atoms with Gasteiger partial charge in [-0.3, -0.25) is 9.78 Å². The lowest BCUT2D eigenvalue weighted by molar-refractivity contribution is 0.0746. The number of anilines is 1. The molecule has 0 N–H and O–H groups in total. The van der Waals surface area contributed by atoms with Crippen molar-refractivity contribution in [1.82, 2.24) is 9.88 Å². The molecule has 0 aliphatic carbocycles. The molecule has 4 heteroatoms. The van der Waals surface area contributed by atoms with Gasteiger partial charge in [-0.1, -0.05) is 18.2 Å². The molecule has 108 valence electrons. The number of aryl methyl sites for hydroxylation is 1. The van der Waals surface area contributed by atoms with E-state index in [0.29, 0.717) is 0 Å². The molecule has 2 aromatic rings. The Kier molecular flexibility index (Phi) is 3.86. The van der Waals surface area contributed by atoms with Crippen LogP contribution in [0.5, 0.6) is 0 Å². The monoisotopic (exact) mass is 281 g/mol. The minimum Gasteiger partial charge on any atom is -0.368 e. The Morgan fingerprint density at radius 2 is 1.76 bits per heavy atom. The van der Waals surface area contributed by atoms with Crippen LogP contribution in [0, 0.1) is 6.92 Å². The Labute approximate surface area is 125 Å². The summed E-state index contributed by atoms with van der Waals surface area (Å²) in [7, 11) is 0. The van der Waals surface area contributed by atoms with Crippen LogP contribution in [0.1, 0.15) is 16.1 Å². The smallest absolute Gasteiger partial charge is 0.254 e. The number of nitrogens with zero attached hydrogens (tertiary/aromatic N) is 3. The van der Waals surface area contributed by atoms with Crippen molar-refractivity contribution >= 4 is 11.6 Å². The van der Waals surface area contributed by atoms with Crippen molar-refractivity contribution in [3.63, 3.8) is 0 Å². The first-order valence-electron chi connectivity index (χ1n) is 7.26. The molecule has 0 spiro atoms. The van der Waals surface area contributed by atoms with Gasteiger partial charge in [0.25, 0.3) is 5.91 Å². The first-order valence-corrected chi connectivity index (χ1v) is 7.26. The molecule has 1 amide bonds. The zero-order valence-corrected chi connectivity index (χ0v) is 12.2. The van der Waals surface area contributed by atoms with Crippen molar-refractivity contribution in [3.05, 3.63) is 59.9 Å². The average molecular weight is 281 g/mol. The third-order valence-electron chi connectivity index (χ3n) is 3.83. The number of para-hydroxylation sites is 1. The summed E-state index contributed by atoms with van der Waals surface area (Å²) in [6.07, 6.45) is 1.70. The van der Waals surface area contributed by atoms with Gasteiger partial charge in [0.05, 0.1) is 0 Å². The highest BCUT2D eigenvalue weighted by molar-refractivity contribution is 5.94. The molecule has 0 unspecified atom stereocenters. The topological polar surface area (TPSA) is 36.4 Å². The lowest BCUT2D eigenvalue weighted by Gasteiger charge is -2.36. The zero-order valence-electron chi connectivity index (χ0n) is 12.2. The number of hydrogen-bond acceptors (Lipinski definition) is 3. The highest BCUT2D eigenvalue weighted by Gasteiger charge is 2.22. The minimum absolute atomic E-state index is 0.105. The van der Waals surface area contributed by atoms with Gasteiger partial charge in [-0.15, -0.1) is 0 Å². The number of hydrogen-bond donors (Lipinski definition) is 0. The van der Waals surface area contributed by atoms with Crippen molar-refractivity contribution < 1.29 is 4.79 Å². The lowest BCUT2D eigenvalue weighted by Crippen LogP contribution is -2.48. The van der Waals surface area contributed by atoms with Crippen LogP contribution < -0.4 is 4.90 Å². The molecule has 1 aliphatic heterocycles. The first-order chi connectivity index (χ1) is 10.2. The van der Waals surface area contributed by atoms with Crippen LogP contribution in [0.3, 0.4) is 0 Å². The number of benzene rings is 1. The van der Waals surface area contributed by atoms with Crippen molar-refractivity contribution in [2.45, 2.75) is 6.92 Å². The number of piperazine rings is 1. The number of carbonyl (C=O) groups excluding carboxylic acids is 1. The predicted octanol–water partition coefficient (Wildman–Crippen LogP) is 2.35. The highest BCUT2D eigenvalue weighted by Crippen LogP contribution is 2.16.